The molecule has 0 amide bonds. The fraction of sp³-hybridized carbons (Fsp3) is 0.0769. The minimum atomic E-state index is -0.575. The van der Waals surface area contributed by atoms with Crippen molar-refractivity contribution in [2.75, 3.05) is 5.32 Å². The number of nitro benzene ring substituents is 1. The van der Waals surface area contributed by atoms with E-state index >= 15 is 0 Å². The Balaban J connectivity index is 2.22. The largest absolute Gasteiger partial charge is 0.375 e. The lowest BCUT2D eigenvalue weighted by Crippen LogP contribution is -2.04. The lowest BCUT2D eigenvalue weighted by Gasteiger charge is -2.08. The number of nitrogens with zero attached hydrogens (tertiary/aromatic N) is 1. The van der Waals surface area contributed by atoms with Gasteiger partial charge in [-0.15, -0.1) is 0 Å². The van der Waals surface area contributed by atoms with E-state index in [4.69, 9.17) is 0 Å². The second kappa shape index (κ2) is 6.12. The first-order chi connectivity index (χ1) is 9.47. The highest BCUT2D eigenvalue weighted by molar-refractivity contribution is 14.1. The zero-order chi connectivity index (χ0) is 14.7. The molecular formula is C13H9F2IN2O2. The van der Waals surface area contributed by atoms with E-state index in [1.54, 1.807) is 34.7 Å². The molecule has 0 unspecified atom stereocenters. The standard InChI is InChI=1S/C13H9F2IN2O2/c14-9-3-1-8(2-4-9)7-17-12-5-10(15)11(16)6-13(12)18(19)20/h1-6,17H,7H2. The van der Waals surface area contributed by atoms with E-state index in [0.717, 1.165) is 11.6 Å². The topological polar surface area (TPSA) is 55.2 Å². The van der Waals surface area contributed by atoms with Crippen LogP contribution in [0.4, 0.5) is 20.2 Å². The normalized spacial score (nSPS) is 10.3. The number of nitro groups is 1. The molecule has 104 valence electrons. The summed E-state index contributed by atoms with van der Waals surface area (Å²) in [5.41, 5.74) is 0.634. The molecule has 0 saturated heterocycles. The van der Waals surface area contributed by atoms with E-state index in [0.29, 0.717) is 0 Å². The van der Waals surface area contributed by atoms with Gasteiger partial charge in [0.25, 0.3) is 5.69 Å². The maximum Gasteiger partial charge on any atom is 0.293 e. The number of halogens is 3. The van der Waals surface area contributed by atoms with Gasteiger partial charge >= 0.3 is 0 Å². The molecule has 2 rings (SSSR count). The first-order valence-electron chi connectivity index (χ1n) is 5.59. The van der Waals surface area contributed by atoms with Crippen molar-refractivity contribution in [1.29, 1.82) is 0 Å². The van der Waals surface area contributed by atoms with E-state index in [2.05, 4.69) is 5.32 Å². The van der Waals surface area contributed by atoms with Gasteiger partial charge in [-0.3, -0.25) is 10.1 Å². The Labute approximate surface area is 127 Å². The molecule has 2 aromatic carbocycles. The second-order valence-electron chi connectivity index (χ2n) is 4.02. The van der Waals surface area contributed by atoms with Crippen LogP contribution in [0.2, 0.25) is 0 Å². The van der Waals surface area contributed by atoms with Gasteiger partial charge in [-0.05, 0) is 40.3 Å². The van der Waals surface area contributed by atoms with Crippen molar-refractivity contribution in [3.8, 4) is 0 Å². The molecule has 0 radical (unpaired) electrons. The van der Waals surface area contributed by atoms with Crippen LogP contribution in [0.5, 0.6) is 0 Å². The third-order valence-electron chi connectivity index (χ3n) is 2.63. The fourth-order valence-corrected chi connectivity index (χ4v) is 2.08. The summed E-state index contributed by atoms with van der Waals surface area (Å²) in [4.78, 5) is 10.4. The van der Waals surface area contributed by atoms with Crippen LogP contribution in [0.1, 0.15) is 5.56 Å². The molecule has 0 aromatic heterocycles. The van der Waals surface area contributed by atoms with Crippen LogP contribution >= 0.6 is 22.6 Å². The number of rotatable bonds is 4. The third-order valence-corrected chi connectivity index (χ3v) is 3.46. The zero-order valence-electron chi connectivity index (χ0n) is 10.1. The van der Waals surface area contributed by atoms with Crippen molar-refractivity contribution >= 4 is 34.0 Å². The fourth-order valence-electron chi connectivity index (χ4n) is 1.63. The van der Waals surface area contributed by atoms with Crippen LogP contribution in [-0.2, 0) is 6.54 Å². The van der Waals surface area contributed by atoms with Crippen LogP contribution in [0, 0.1) is 25.3 Å². The summed E-state index contributed by atoms with van der Waals surface area (Å²) in [6, 6.07) is 7.95. The van der Waals surface area contributed by atoms with Crippen LogP contribution in [0.25, 0.3) is 0 Å². The van der Waals surface area contributed by atoms with Gasteiger partial charge in [-0.2, -0.15) is 0 Å². The summed E-state index contributed by atoms with van der Waals surface area (Å²) in [5.74, 6) is -0.891. The van der Waals surface area contributed by atoms with E-state index in [-0.39, 0.29) is 27.3 Å². The summed E-state index contributed by atoms with van der Waals surface area (Å²) in [6.45, 7) is 0.237. The SMILES string of the molecule is O=[N+]([O-])c1cc(I)c(F)cc1NCc1ccc(F)cc1. The Morgan fingerprint density at radius 1 is 1.20 bits per heavy atom. The van der Waals surface area contributed by atoms with Gasteiger partial charge in [0.2, 0.25) is 0 Å². The maximum atomic E-state index is 13.5. The summed E-state index contributed by atoms with van der Waals surface area (Å²) in [6.07, 6.45) is 0. The number of nitrogens with one attached hydrogen (secondary N) is 1. The molecule has 0 aliphatic rings. The van der Waals surface area contributed by atoms with Gasteiger partial charge in [0.1, 0.15) is 17.3 Å². The highest BCUT2D eigenvalue weighted by Gasteiger charge is 2.17. The molecule has 1 N–H and O–H groups in total. The number of anilines is 1. The van der Waals surface area contributed by atoms with Gasteiger partial charge in [0.15, 0.2) is 0 Å². The Hall–Kier alpha value is -1.77. The second-order valence-corrected chi connectivity index (χ2v) is 5.18. The zero-order valence-corrected chi connectivity index (χ0v) is 12.2. The van der Waals surface area contributed by atoms with Crippen LogP contribution in [0.3, 0.4) is 0 Å². The summed E-state index contributed by atoms with van der Waals surface area (Å²) in [7, 11) is 0. The highest BCUT2D eigenvalue weighted by Crippen LogP contribution is 2.29. The lowest BCUT2D eigenvalue weighted by molar-refractivity contribution is -0.384. The van der Waals surface area contributed by atoms with Gasteiger partial charge < -0.3 is 5.32 Å². The van der Waals surface area contributed by atoms with Crippen LogP contribution in [0.15, 0.2) is 36.4 Å². The van der Waals surface area contributed by atoms with Crippen molar-refractivity contribution in [3.05, 3.63) is 67.3 Å². The van der Waals surface area contributed by atoms with E-state index < -0.39 is 10.7 Å². The molecule has 7 heteroatoms. The molecule has 0 bridgehead atoms. The van der Waals surface area contributed by atoms with Crippen LogP contribution < -0.4 is 5.32 Å². The molecule has 2 aromatic rings. The monoisotopic (exact) mass is 390 g/mol. The van der Waals surface area contributed by atoms with E-state index in [9.17, 15) is 18.9 Å². The van der Waals surface area contributed by atoms with Crippen molar-refractivity contribution in [2.24, 2.45) is 0 Å². The molecule has 0 fully saturated rings. The predicted octanol–water partition coefficient (Wildman–Crippen LogP) is 4.09. The quantitative estimate of drug-likeness (QED) is 0.486. The van der Waals surface area contributed by atoms with Crippen molar-refractivity contribution < 1.29 is 13.7 Å². The van der Waals surface area contributed by atoms with Crippen molar-refractivity contribution in [3.63, 3.8) is 0 Å². The number of hydrogen-bond donors (Lipinski definition) is 1. The molecule has 0 atom stereocenters. The van der Waals surface area contributed by atoms with Gasteiger partial charge in [0.05, 0.1) is 8.49 Å². The summed E-state index contributed by atoms with van der Waals surface area (Å²) < 4.78 is 26.4. The predicted molar refractivity (Wildman–Crippen MR) is 79.5 cm³/mol. The van der Waals surface area contributed by atoms with Gasteiger partial charge in [-0.25, -0.2) is 8.78 Å². The van der Waals surface area contributed by atoms with Crippen LogP contribution in [-0.4, -0.2) is 4.92 Å². The molecule has 20 heavy (non-hydrogen) atoms. The van der Waals surface area contributed by atoms with E-state index in [1.165, 1.54) is 18.2 Å². The highest BCUT2D eigenvalue weighted by atomic mass is 127. The first-order valence-corrected chi connectivity index (χ1v) is 6.67. The summed E-state index contributed by atoms with van der Waals surface area (Å²) in [5, 5.41) is 13.7. The van der Waals surface area contributed by atoms with Crippen molar-refractivity contribution in [2.45, 2.75) is 6.54 Å². The average molecular weight is 390 g/mol. The molecule has 4 nitrogen and oxygen atoms in total. The van der Waals surface area contributed by atoms with Crippen molar-refractivity contribution in [1.82, 2.24) is 0 Å². The average Bonchev–Trinajstić information content (AvgIpc) is 2.41. The maximum absolute atomic E-state index is 13.5. The third kappa shape index (κ3) is 3.41. The number of hydrogen-bond acceptors (Lipinski definition) is 3. The summed E-state index contributed by atoms with van der Waals surface area (Å²) >= 11 is 1.69. The minimum absolute atomic E-state index is 0.0947. The Bertz CT molecular complexity index is 648. The first kappa shape index (κ1) is 14.6. The Morgan fingerprint density at radius 2 is 1.85 bits per heavy atom. The Morgan fingerprint density at radius 3 is 2.45 bits per heavy atom. The van der Waals surface area contributed by atoms with E-state index in [1.807, 2.05) is 0 Å². The smallest absolute Gasteiger partial charge is 0.293 e. The number of benzene rings is 2. The molecule has 0 aliphatic heterocycles. The lowest BCUT2D eigenvalue weighted by atomic mass is 10.2. The minimum Gasteiger partial charge on any atom is -0.375 e. The molecule has 0 saturated carbocycles. The Kier molecular flexibility index (Phi) is 4.48. The molecular weight excluding hydrogens is 381 g/mol. The molecule has 0 aliphatic carbocycles. The van der Waals surface area contributed by atoms with Gasteiger partial charge in [-0.1, -0.05) is 12.1 Å². The molecule has 0 heterocycles. The molecule has 0 spiro atoms. The van der Waals surface area contributed by atoms with Gasteiger partial charge in [0, 0.05) is 18.7 Å².